The lowest BCUT2D eigenvalue weighted by atomic mass is 9.89. The molecule has 0 spiro atoms. The highest BCUT2D eigenvalue weighted by molar-refractivity contribution is 6.14. The lowest BCUT2D eigenvalue weighted by molar-refractivity contribution is -0.139. The minimum Gasteiger partial charge on any atom is -0.507 e. The third kappa shape index (κ3) is 7.86. The third-order valence-electron chi connectivity index (χ3n) is 10.8. The largest absolute Gasteiger partial charge is 0.507 e. The van der Waals surface area contributed by atoms with E-state index in [0.29, 0.717) is 34.7 Å². The Kier molecular flexibility index (Phi) is 10.6. The fourth-order valence-corrected chi connectivity index (χ4v) is 7.68. The minimum absolute atomic E-state index is 0.186. The SMILES string of the molecule is O=C(O)[C@H](CCc1ccc2ccccc2c1)N=Cc1cc2ccccc2c(-c2c(O)c(C=N[C@@H](CCc3ccc4ccccc4c3)C(=O)O)cc3ccccc23)c1O. The molecule has 58 heavy (non-hydrogen) atoms. The molecule has 0 unspecified atom stereocenters. The van der Waals surface area contributed by atoms with Crippen molar-refractivity contribution in [1.82, 2.24) is 0 Å². The van der Waals surface area contributed by atoms with Crippen molar-refractivity contribution in [1.29, 1.82) is 0 Å². The van der Waals surface area contributed by atoms with Gasteiger partial charge in [0.1, 0.15) is 23.6 Å². The number of aliphatic imine (C=N–C) groups is 2. The first-order valence-electron chi connectivity index (χ1n) is 19.2. The number of phenolic OH excluding ortho intramolecular Hbond substituents is 2. The van der Waals surface area contributed by atoms with Gasteiger partial charge in [0.2, 0.25) is 0 Å². The zero-order chi connectivity index (χ0) is 40.2. The molecule has 8 aromatic carbocycles. The molecule has 0 heterocycles. The van der Waals surface area contributed by atoms with Crippen LogP contribution in [0.15, 0.2) is 156 Å². The summed E-state index contributed by atoms with van der Waals surface area (Å²) < 4.78 is 0. The van der Waals surface area contributed by atoms with Gasteiger partial charge in [-0.2, -0.15) is 0 Å². The molecule has 8 rings (SSSR count). The number of aromatic hydroxyl groups is 2. The van der Waals surface area contributed by atoms with Gasteiger partial charge in [0.15, 0.2) is 0 Å². The lowest BCUT2D eigenvalue weighted by Gasteiger charge is -2.18. The number of carboxylic acid groups (broad SMARTS) is 2. The van der Waals surface area contributed by atoms with E-state index in [9.17, 15) is 30.0 Å². The Morgan fingerprint density at radius 3 is 1.22 bits per heavy atom. The molecule has 0 saturated carbocycles. The number of carbonyl (C=O) groups is 2. The number of hydrogen-bond donors (Lipinski definition) is 4. The number of carboxylic acids is 2. The minimum atomic E-state index is -1.08. The molecule has 0 aromatic heterocycles. The van der Waals surface area contributed by atoms with Gasteiger partial charge in [-0.05, 0) is 92.0 Å². The summed E-state index contributed by atoms with van der Waals surface area (Å²) >= 11 is 0. The summed E-state index contributed by atoms with van der Waals surface area (Å²) in [5, 5.41) is 51.6. The van der Waals surface area contributed by atoms with Crippen molar-refractivity contribution in [3.63, 3.8) is 0 Å². The summed E-state index contributed by atoms with van der Waals surface area (Å²) in [4.78, 5) is 33.8. The van der Waals surface area contributed by atoms with Crippen molar-refractivity contribution < 1.29 is 30.0 Å². The molecule has 0 fully saturated rings. The van der Waals surface area contributed by atoms with Crippen molar-refractivity contribution in [2.75, 3.05) is 0 Å². The molecule has 0 saturated heterocycles. The van der Waals surface area contributed by atoms with Crippen molar-refractivity contribution in [2.45, 2.75) is 37.8 Å². The fourth-order valence-electron chi connectivity index (χ4n) is 7.68. The van der Waals surface area contributed by atoms with E-state index < -0.39 is 24.0 Å². The molecule has 8 aromatic rings. The van der Waals surface area contributed by atoms with Crippen molar-refractivity contribution in [3.05, 3.63) is 168 Å². The van der Waals surface area contributed by atoms with Gasteiger partial charge in [-0.25, -0.2) is 9.59 Å². The Morgan fingerprint density at radius 1 is 0.466 bits per heavy atom. The van der Waals surface area contributed by atoms with Crippen molar-refractivity contribution in [2.24, 2.45) is 9.98 Å². The van der Waals surface area contributed by atoms with E-state index in [1.165, 1.54) is 12.4 Å². The molecule has 0 aliphatic carbocycles. The molecule has 0 aliphatic heterocycles. The van der Waals surface area contributed by atoms with E-state index in [-0.39, 0.29) is 35.5 Å². The molecule has 0 aliphatic rings. The second-order valence-electron chi connectivity index (χ2n) is 14.5. The molecule has 2 atom stereocenters. The standard InChI is InChI=1S/C50H40N2O6/c53-47-39(29-51-43(49(55)56)23-19-31-17-21-33-9-1-3-11-35(33)25-31)27-37-13-5-7-15-41(37)45(47)46-42-16-8-6-14-38(42)28-40(48(46)54)30-52-44(50(57)58)24-20-32-18-22-34-10-2-4-12-36(34)26-32/h1-18,21-22,25-30,43-44,53-54H,19-20,23-24H2,(H,55,56)(H,57,58)/t43-,44-/m0/s1. The molecular formula is C50H40N2O6. The van der Waals surface area contributed by atoms with Crippen LogP contribution in [0.25, 0.3) is 54.2 Å². The molecule has 0 amide bonds. The van der Waals surface area contributed by atoms with Gasteiger partial charge in [-0.3, -0.25) is 9.98 Å². The summed E-state index contributed by atoms with van der Waals surface area (Å²) in [6.45, 7) is 0. The molecule has 0 bridgehead atoms. The van der Waals surface area contributed by atoms with Gasteiger partial charge in [0.25, 0.3) is 0 Å². The van der Waals surface area contributed by atoms with Crippen LogP contribution in [0.4, 0.5) is 0 Å². The van der Waals surface area contributed by atoms with Crippen LogP contribution < -0.4 is 0 Å². The van der Waals surface area contributed by atoms with Crippen LogP contribution >= 0.6 is 0 Å². The number of hydrogen-bond acceptors (Lipinski definition) is 6. The van der Waals surface area contributed by atoms with E-state index in [1.807, 2.05) is 121 Å². The Hall–Kier alpha value is -7.32. The Morgan fingerprint density at radius 2 is 0.828 bits per heavy atom. The van der Waals surface area contributed by atoms with Gasteiger partial charge in [-0.15, -0.1) is 0 Å². The topological polar surface area (TPSA) is 140 Å². The summed E-state index contributed by atoms with van der Waals surface area (Å²) in [6.07, 6.45) is 4.27. The van der Waals surface area contributed by atoms with E-state index in [2.05, 4.69) is 22.1 Å². The average molecular weight is 765 g/mol. The summed E-state index contributed by atoms with van der Waals surface area (Å²) in [5.74, 6) is -2.53. The van der Waals surface area contributed by atoms with Gasteiger partial charge in [-0.1, -0.05) is 133 Å². The normalized spacial score (nSPS) is 12.9. The van der Waals surface area contributed by atoms with Crippen LogP contribution in [0.5, 0.6) is 11.5 Å². The molecule has 8 nitrogen and oxygen atoms in total. The predicted molar refractivity (Wildman–Crippen MR) is 233 cm³/mol. The molecule has 8 heteroatoms. The summed E-state index contributed by atoms with van der Waals surface area (Å²) in [5.41, 5.74) is 3.23. The van der Waals surface area contributed by atoms with Crippen molar-refractivity contribution in [3.8, 4) is 22.6 Å². The monoisotopic (exact) mass is 764 g/mol. The van der Waals surface area contributed by atoms with Gasteiger partial charge in [0, 0.05) is 34.7 Å². The lowest BCUT2D eigenvalue weighted by Crippen LogP contribution is -2.19. The van der Waals surface area contributed by atoms with Crippen molar-refractivity contribution >= 4 is 67.5 Å². The summed E-state index contributed by atoms with van der Waals surface area (Å²) in [6, 6.07) is 44.4. The van der Waals surface area contributed by atoms with E-state index in [1.54, 1.807) is 12.1 Å². The molecular weight excluding hydrogens is 725 g/mol. The number of rotatable bonds is 13. The van der Waals surface area contributed by atoms with Gasteiger partial charge in [0.05, 0.1) is 0 Å². The van der Waals surface area contributed by atoms with E-state index in [4.69, 9.17) is 0 Å². The first kappa shape index (κ1) is 37.6. The maximum atomic E-state index is 12.4. The van der Waals surface area contributed by atoms with E-state index >= 15 is 0 Å². The maximum Gasteiger partial charge on any atom is 0.328 e. The van der Waals surface area contributed by atoms with Crippen LogP contribution in [0.3, 0.4) is 0 Å². The maximum absolute atomic E-state index is 12.4. The van der Waals surface area contributed by atoms with E-state index in [0.717, 1.165) is 43.4 Å². The number of aryl methyl sites for hydroxylation is 2. The fraction of sp³-hybridized carbons (Fsp3) is 0.120. The smallest absolute Gasteiger partial charge is 0.328 e. The first-order chi connectivity index (χ1) is 28.2. The Labute approximate surface area is 334 Å². The highest BCUT2D eigenvalue weighted by Crippen LogP contribution is 2.47. The zero-order valence-electron chi connectivity index (χ0n) is 31.5. The predicted octanol–water partition coefficient (Wildman–Crippen LogP) is 10.4. The molecule has 0 radical (unpaired) electrons. The second-order valence-corrected chi connectivity index (χ2v) is 14.5. The number of phenols is 2. The zero-order valence-corrected chi connectivity index (χ0v) is 31.5. The van der Waals surface area contributed by atoms with Gasteiger partial charge >= 0.3 is 11.9 Å². The Bertz CT molecular complexity index is 2720. The quantitative estimate of drug-likeness (QED) is 0.0862. The average Bonchev–Trinajstić information content (AvgIpc) is 3.24. The number of fused-ring (bicyclic) bond motifs is 4. The highest BCUT2D eigenvalue weighted by Gasteiger charge is 2.23. The number of nitrogens with zero attached hydrogens (tertiary/aromatic N) is 2. The molecule has 4 N–H and O–H groups in total. The van der Waals surface area contributed by atoms with Crippen LogP contribution in [-0.2, 0) is 22.4 Å². The van der Waals surface area contributed by atoms with Gasteiger partial charge < -0.3 is 20.4 Å². The summed E-state index contributed by atoms with van der Waals surface area (Å²) in [7, 11) is 0. The number of benzene rings is 8. The van der Waals surface area contributed by atoms with Crippen LogP contribution in [0.2, 0.25) is 0 Å². The third-order valence-corrected chi connectivity index (χ3v) is 10.8. The second kappa shape index (κ2) is 16.4. The highest BCUT2D eigenvalue weighted by atomic mass is 16.4. The number of aliphatic carboxylic acids is 2. The van der Waals surface area contributed by atoms with Crippen LogP contribution in [0.1, 0.15) is 35.1 Å². The van der Waals surface area contributed by atoms with Crippen LogP contribution in [-0.4, -0.2) is 56.9 Å². The first-order valence-corrected chi connectivity index (χ1v) is 19.2. The Balaban J connectivity index is 1.14. The van der Waals surface area contributed by atoms with Crippen LogP contribution in [0, 0.1) is 0 Å². The molecule has 286 valence electrons.